The first-order chi connectivity index (χ1) is 11.5. The summed E-state index contributed by atoms with van der Waals surface area (Å²) in [6.45, 7) is 6.58. The van der Waals surface area contributed by atoms with Crippen molar-refractivity contribution in [3.05, 3.63) is 65.7 Å². The van der Waals surface area contributed by atoms with Gasteiger partial charge >= 0.3 is 0 Å². The predicted molar refractivity (Wildman–Crippen MR) is 95.7 cm³/mol. The molecule has 0 amide bonds. The van der Waals surface area contributed by atoms with Crippen LogP contribution in [0.25, 0.3) is 0 Å². The van der Waals surface area contributed by atoms with Gasteiger partial charge in [0, 0.05) is 5.69 Å². The average molecular weight is 320 g/mol. The van der Waals surface area contributed by atoms with E-state index >= 15 is 0 Å². The van der Waals surface area contributed by atoms with Crippen LogP contribution in [0.2, 0.25) is 0 Å². The smallest absolute Gasteiger partial charge is 0.269 e. The molecule has 6 heteroatoms. The first-order valence-corrected chi connectivity index (χ1v) is 7.78. The highest BCUT2D eigenvalue weighted by Gasteiger charge is 2.12. The number of nitrogens with one attached hydrogen (secondary N) is 1. The summed E-state index contributed by atoms with van der Waals surface area (Å²) in [6, 6.07) is 18.0. The molecule has 24 heavy (non-hydrogen) atoms. The summed E-state index contributed by atoms with van der Waals surface area (Å²) in [6.07, 6.45) is 1.74. The lowest BCUT2D eigenvalue weighted by molar-refractivity contribution is 0.590. The van der Waals surface area contributed by atoms with Crippen molar-refractivity contribution in [1.82, 2.24) is 20.3 Å². The Hall–Kier alpha value is -3.02. The van der Waals surface area contributed by atoms with Crippen LogP contribution in [0.15, 0.2) is 59.7 Å². The third-order valence-electron chi connectivity index (χ3n) is 3.58. The molecule has 2 aromatic carbocycles. The van der Waals surface area contributed by atoms with Crippen molar-refractivity contribution in [2.45, 2.75) is 26.2 Å². The minimum atomic E-state index is 0.137. The second kappa shape index (κ2) is 6.62. The topological polar surface area (TPSA) is 68.0 Å². The lowest BCUT2D eigenvalue weighted by Crippen LogP contribution is -2.10. The standard InChI is InChI=1S/C18H20N6/c1-18(2,3)15-11-9-14(10-12-15)13-19-24-17(21-22-23-24)20-16-7-5-4-6-8-16/h4-13H,1-3H3,(H,20,21,23)/b19-13-. The minimum absolute atomic E-state index is 0.137. The monoisotopic (exact) mass is 320 g/mol. The summed E-state index contributed by atoms with van der Waals surface area (Å²) in [4.78, 5) is 1.37. The van der Waals surface area contributed by atoms with Crippen LogP contribution in [-0.2, 0) is 5.41 Å². The predicted octanol–water partition coefficient (Wildman–Crippen LogP) is 3.60. The number of para-hydroxylation sites is 1. The second-order valence-electron chi connectivity index (χ2n) is 6.50. The van der Waals surface area contributed by atoms with Gasteiger partial charge in [0.15, 0.2) is 0 Å². The van der Waals surface area contributed by atoms with Gasteiger partial charge < -0.3 is 5.32 Å². The normalized spacial score (nSPS) is 11.8. The molecule has 0 radical (unpaired) electrons. The van der Waals surface area contributed by atoms with Crippen LogP contribution in [0.4, 0.5) is 11.6 Å². The molecule has 1 aromatic heterocycles. The number of benzene rings is 2. The summed E-state index contributed by atoms with van der Waals surface area (Å²) < 4.78 is 0. The van der Waals surface area contributed by atoms with Gasteiger partial charge in [-0.2, -0.15) is 5.10 Å². The maximum Gasteiger partial charge on any atom is 0.269 e. The first kappa shape index (κ1) is 15.9. The van der Waals surface area contributed by atoms with Gasteiger partial charge in [-0.3, -0.25) is 0 Å². The Labute approximate surface area is 141 Å². The van der Waals surface area contributed by atoms with E-state index in [1.54, 1.807) is 6.21 Å². The molecular formula is C18H20N6. The molecule has 0 atom stereocenters. The Morgan fingerprint density at radius 2 is 1.71 bits per heavy atom. The fraction of sp³-hybridized carbons (Fsp3) is 0.222. The Morgan fingerprint density at radius 3 is 2.38 bits per heavy atom. The number of nitrogens with zero attached hydrogens (tertiary/aromatic N) is 5. The van der Waals surface area contributed by atoms with Gasteiger partial charge in [-0.25, -0.2) is 0 Å². The van der Waals surface area contributed by atoms with E-state index in [-0.39, 0.29) is 5.41 Å². The van der Waals surface area contributed by atoms with Gasteiger partial charge in [0.1, 0.15) is 0 Å². The summed E-state index contributed by atoms with van der Waals surface area (Å²) in [5.41, 5.74) is 3.31. The molecule has 1 heterocycles. The van der Waals surface area contributed by atoms with Crippen LogP contribution >= 0.6 is 0 Å². The number of tetrazole rings is 1. The van der Waals surface area contributed by atoms with Crippen LogP contribution in [0, 0.1) is 0 Å². The SMILES string of the molecule is CC(C)(C)c1ccc(/C=N\n2nnnc2Nc2ccccc2)cc1. The molecule has 0 fully saturated rings. The molecule has 1 N–H and O–H groups in total. The Morgan fingerprint density at radius 1 is 1.00 bits per heavy atom. The zero-order valence-electron chi connectivity index (χ0n) is 14.0. The van der Waals surface area contributed by atoms with Crippen molar-refractivity contribution >= 4 is 17.9 Å². The van der Waals surface area contributed by atoms with E-state index in [2.05, 4.69) is 58.8 Å². The summed E-state index contributed by atoms with van der Waals surface area (Å²) in [5.74, 6) is 0.462. The lowest BCUT2D eigenvalue weighted by Gasteiger charge is -2.18. The molecule has 0 aliphatic carbocycles. The average Bonchev–Trinajstić information content (AvgIpc) is 3.00. The van der Waals surface area contributed by atoms with Gasteiger partial charge in [0.05, 0.1) is 6.21 Å². The maximum absolute atomic E-state index is 4.32. The molecule has 122 valence electrons. The van der Waals surface area contributed by atoms with Crippen LogP contribution in [0.1, 0.15) is 31.9 Å². The van der Waals surface area contributed by atoms with Gasteiger partial charge in [-0.15, -0.1) is 0 Å². The highest BCUT2D eigenvalue weighted by Crippen LogP contribution is 2.21. The molecular weight excluding hydrogens is 300 g/mol. The molecule has 3 rings (SSSR count). The number of hydrogen-bond acceptors (Lipinski definition) is 5. The van der Waals surface area contributed by atoms with Gasteiger partial charge in [-0.1, -0.05) is 73.1 Å². The first-order valence-electron chi connectivity index (χ1n) is 7.78. The van der Waals surface area contributed by atoms with Gasteiger partial charge in [0.25, 0.3) is 5.95 Å². The molecule has 0 saturated heterocycles. The van der Waals surface area contributed by atoms with Crippen molar-refractivity contribution < 1.29 is 0 Å². The van der Waals surface area contributed by atoms with Crippen molar-refractivity contribution in [2.75, 3.05) is 5.32 Å². The fourth-order valence-corrected chi connectivity index (χ4v) is 2.18. The van der Waals surface area contributed by atoms with Gasteiger partial charge in [0.2, 0.25) is 0 Å². The number of rotatable bonds is 4. The maximum atomic E-state index is 4.32. The van der Waals surface area contributed by atoms with Crippen LogP contribution in [-0.4, -0.2) is 26.5 Å². The third-order valence-corrected chi connectivity index (χ3v) is 3.58. The minimum Gasteiger partial charge on any atom is -0.321 e. The quantitative estimate of drug-likeness (QED) is 0.746. The zero-order valence-corrected chi connectivity index (χ0v) is 14.0. The fourth-order valence-electron chi connectivity index (χ4n) is 2.18. The van der Waals surface area contributed by atoms with E-state index in [9.17, 15) is 0 Å². The lowest BCUT2D eigenvalue weighted by atomic mass is 9.87. The van der Waals surface area contributed by atoms with Crippen LogP contribution in [0.3, 0.4) is 0 Å². The molecule has 0 spiro atoms. The zero-order chi connectivity index (χ0) is 17.0. The Balaban J connectivity index is 1.75. The molecule has 0 aliphatic rings. The van der Waals surface area contributed by atoms with Crippen LogP contribution in [0.5, 0.6) is 0 Å². The third kappa shape index (κ3) is 3.84. The number of aromatic nitrogens is 4. The van der Waals surface area contributed by atoms with E-state index in [4.69, 9.17) is 0 Å². The van der Waals surface area contributed by atoms with Crippen molar-refractivity contribution in [2.24, 2.45) is 5.10 Å². The molecule has 0 saturated carbocycles. The van der Waals surface area contributed by atoms with Gasteiger partial charge in [-0.05, 0) is 39.1 Å². The molecule has 0 aliphatic heterocycles. The van der Waals surface area contributed by atoms with E-state index in [1.165, 1.54) is 10.4 Å². The van der Waals surface area contributed by atoms with E-state index in [0.29, 0.717) is 5.95 Å². The number of hydrogen-bond donors (Lipinski definition) is 1. The van der Waals surface area contributed by atoms with Crippen molar-refractivity contribution in [1.29, 1.82) is 0 Å². The molecule has 0 bridgehead atoms. The highest BCUT2D eigenvalue weighted by molar-refractivity contribution is 5.79. The molecule has 3 aromatic rings. The highest BCUT2D eigenvalue weighted by atomic mass is 15.7. The summed E-state index contributed by atoms with van der Waals surface area (Å²) >= 11 is 0. The Bertz CT molecular complexity index is 813. The van der Waals surface area contributed by atoms with Crippen molar-refractivity contribution in [3.63, 3.8) is 0 Å². The van der Waals surface area contributed by atoms with Crippen LogP contribution < -0.4 is 5.32 Å². The molecule has 6 nitrogen and oxygen atoms in total. The second-order valence-corrected chi connectivity index (χ2v) is 6.50. The molecule has 0 unspecified atom stereocenters. The Kier molecular flexibility index (Phi) is 4.37. The number of anilines is 2. The summed E-state index contributed by atoms with van der Waals surface area (Å²) in [7, 11) is 0. The van der Waals surface area contributed by atoms with Crippen molar-refractivity contribution in [3.8, 4) is 0 Å². The van der Waals surface area contributed by atoms with E-state index in [1.807, 2.05) is 42.5 Å². The largest absolute Gasteiger partial charge is 0.321 e. The van der Waals surface area contributed by atoms with E-state index in [0.717, 1.165) is 11.3 Å². The summed E-state index contributed by atoms with van der Waals surface area (Å²) in [5, 5.41) is 18.9. The van der Waals surface area contributed by atoms with E-state index < -0.39 is 0 Å².